The molecule has 0 spiro atoms. The number of fused-ring (bicyclic) bond motifs is 1. The highest BCUT2D eigenvalue weighted by molar-refractivity contribution is 7.85. The molecule has 8 heteroatoms. The lowest BCUT2D eigenvalue weighted by Crippen LogP contribution is -2.27. The van der Waals surface area contributed by atoms with Crippen LogP contribution in [0.4, 0.5) is 11.4 Å². The minimum atomic E-state index is -1.20. The van der Waals surface area contributed by atoms with E-state index in [2.05, 4.69) is 10.4 Å². The molecular formula is C16H15ClN4O2S. The van der Waals surface area contributed by atoms with Gasteiger partial charge in [0.1, 0.15) is 6.33 Å². The van der Waals surface area contributed by atoms with Crippen LogP contribution in [0.1, 0.15) is 6.92 Å². The van der Waals surface area contributed by atoms with Crippen LogP contribution in [0.2, 0.25) is 5.02 Å². The van der Waals surface area contributed by atoms with E-state index in [-0.39, 0.29) is 5.56 Å². The van der Waals surface area contributed by atoms with Gasteiger partial charge in [-0.15, -0.1) is 0 Å². The Morgan fingerprint density at radius 1 is 1.29 bits per heavy atom. The van der Waals surface area contributed by atoms with Crippen molar-refractivity contribution in [3.05, 3.63) is 58.1 Å². The number of nitrogens with two attached hydrogens (primary N) is 1. The Kier molecular flexibility index (Phi) is 4.55. The van der Waals surface area contributed by atoms with Gasteiger partial charge in [0, 0.05) is 16.5 Å². The predicted octanol–water partition coefficient (Wildman–Crippen LogP) is 2.63. The van der Waals surface area contributed by atoms with Crippen molar-refractivity contribution in [1.29, 1.82) is 0 Å². The van der Waals surface area contributed by atoms with Gasteiger partial charge in [0.25, 0.3) is 5.56 Å². The molecule has 1 atom stereocenters. The van der Waals surface area contributed by atoms with Crippen molar-refractivity contribution in [3.63, 3.8) is 0 Å². The fourth-order valence-electron chi connectivity index (χ4n) is 2.29. The van der Waals surface area contributed by atoms with E-state index in [4.69, 9.17) is 17.3 Å². The van der Waals surface area contributed by atoms with Crippen LogP contribution in [0.25, 0.3) is 10.9 Å². The highest BCUT2D eigenvalue weighted by atomic mass is 35.5. The SMILES string of the molecule is CCS(=O)c1ccc(Cl)cc1Nn1cnc2ccc(N)cc2c1=O. The summed E-state index contributed by atoms with van der Waals surface area (Å²) in [5.74, 6) is 0.456. The van der Waals surface area contributed by atoms with E-state index in [0.717, 1.165) is 0 Å². The summed E-state index contributed by atoms with van der Waals surface area (Å²) in [5.41, 5.74) is 9.90. The molecule has 1 aromatic heterocycles. The van der Waals surface area contributed by atoms with Crippen molar-refractivity contribution in [2.75, 3.05) is 16.9 Å². The van der Waals surface area contributed by atoms with E-state index >= 15 is 0 Å². The van der Waals surface area contributed by atoms with Crippen molar-refractivity contribution in [2.24, 2.45) is 0 Å². The Balaban J connectivity index is 2.11. The number of aromatic nitrogens is 2. The normalized spacial score (nSPS) is 12.2. The highest BCUT2D eigenvalue weighted by Crippen LogP contribution is 2.24. The van der Waals surface area contributed by atoms with Crippen LogP contribution in [0, 0.1) is 0 Å². The van der Waals surface area contributed by atoms with E-state index in [1.54, 1.807) is 36.4 Å². The van der Waals surface area contributed by atoms with Gasteiger partial charge in [-0.3, -0.25) is 14.4 Å². The Bertz CT molecular complexity index is 1000. The molecule has 0 aliphatic rings. The number of anilines is 2. The summed E-state index contributed by atoms with van der Waals surface area (Å²) in [4.78, 5) is 17.4. The van der Waals surface area contributed by atoms with Crippen LogP contribution < -0.4 is 16.7 Å². The standard InChI is InChI=1S/C16H15ClN4O2S/c1-2-24(23)15-6-3-10(17)7-14(15)20-21-9-19-13-5-4-11(18)8-12(13)16(21)22/h3-9,20H,2,18H2,1H3. The van der Waals surface area contributed by atoms with Gasteiger partial charge in [-0.1, -0.05) is 18.5 Å². The maximum Gasteiger partial charge on any atom is 0.280 e. The van der Waals surface area contributed by atoms with Gasteiger partial charge >= 0.3 is 0 Å². The molecule has 124 valence electrons. The van der Waals surface area contributed by atoms with Gasteiger partial charge in [-0.25, -0.2) is 9.66 Å². The van der Waals surface area contributed by atoms with Gasteiger partial charge < -0.3 is 5.73 Å². The number of halogens is 1. The lowest BCUT2D eigenvalue weighted by molar-refractivity contribution is 0.684. The summed E-state index contributed by atoms with van der Waals surface area (Å²) in [5, 5.41) is 0.866. The first kappa shape index (κ1) is 16.5. The van der Waals surface area contributed by atoms with Crippen LogP contribution in [-0.4, -0.2) is 19.6 Å². The molecule has 6 nitrogen and oxygen atoms in total. The highest BCUT2D eigenvalue weighted by Gasteiger charge is 2.11. The number of nitrogens with one attached hydrogen (secondary N) is 1. The lowest BCUT2D eigenvalue weighted by Gasteiger charge is -2.13. The third-order valence-electron chi connectivity index (χ3n) is 3.47. The second kappa shape index (κ2) is 6.62. The Morgan fingerprint density at radius 3 is 2.83 bits per heavy atom. The quantitative estimate of drug-likeness (QED) is 0.696. The van der Waals surface area contributed by atoms with Crippen molar-refractivity contribution in [3.8, 4) is 0 Å². The zero-order valence-electron chi connectivity index (χ0n) is 12.8. The molecule has 0 radical (unpaired) electrons. The third kappa shape index (κ3) is 3.13. The summed E-state index contributed by atoms with van der Waals surface area (Å²) in [6.07, 6.45) is 1.38. The molecule has 3 N–H and O–H groups in total. The summed E-state index contributed by atoms with van der Waals surface area (Å²) in [7, 11) is -1.20. The molecule has 0 fully saturated rings. The number of rotatable bonds is 4. The monoisotopic (exact) mass is 362 g/mol. The fourth-order valence-corrected chi connectivity index (χ4v) is 3.35. The first-order chi connectivity index (χ1) is 11.5. The molecule has 1 heterocycles. The molecule has 3 rings (SSSR count). The topological polar surface area (TPSA) is 90.0 Å². The summed E-state index contributed by atoms with van der Waals surface area (Å²) in [6.45, 7) is 1.82. The van der Waals surface area contributed by atoms with Crippen molar-refractivity contribution >= 4 is 44.7 Å². The van der Waals surface area contributed by atoms with Crippen molar-refractivity contribution < 1.29 is 4.21 Å². The fraction of sp³-hybridized carbons (Fsp3) is 0.125. The second-order valence-electron chi connectivity index (χ2n) is 5.08. The molecule has 3 aromatic rings. The Labute approximate surface area is 145 Å². The zero-order valence-corrected chi connectivity index (χ0v) is 14.4. The number of nitrogen functional groups attached to an aromatic ring is 1. The van der Waals surface area contributed by atoms with Crippen LogP contribution in [0.5, 0.6) is 0 Å². The smallest absolute Gasteiger partial charge is 0.280 e. The predicted molar refractivity (Wildman–Crippen MR) is 97.8 cm³/mol. The molecule has 2 aromatic carbocycles. The number of benzene rings is 2. The van der Waals surface area contributed by atoms with E-state index in [9.17, 15) is 9.00 Å². The Morgan fingerprint density at radius 2 is 2.08 bits per heavy atom. The minimum absolute atomic E-state index is 0.305. The zero-order chi connectivity index (χ0) is 17.3. The van der Waals surface area contributed by atoms with Gasteiger partial charge in [-0.05, 0) is 36.4 Å². The first-order valence-corrected chi connectivity index (χ1v) is 8.91. The first-order valence-electron chi connectivity index (χ1n) is 7.21. The van der Waals surface area contributed by atoms with Crippen LogP contribution in [0.3, 0.4) is 0 Å². The molecule has 0 bridgehead atoms. The van der Waals surface area contributed by atoms with Gasteiger partial charge in [0.05, 0.1) is 32.3 Å². The molecule has 24 heavy (non-hydrogen) atoms. The molecule has 0 aliphatic carbocycles. The summed E-state index contributed by atoms with van der Waals surface area (Å²) in [6, 6.07) is 9.92. The molecule has 1 unspecified atom stereocenters. The van der Waals surface area contributed by atoms with Crippen LogP contribution in [-0.2, 0) is 10.8 Å². The third-order valence-corrected chi connectivity index (χ3v) is 5.08. The van der Waals surface area contributed by atoms with Crippen LogP contribution >= 0.6 is 11.6 Å². The Hall–Kier alpha value is -2.38. The van der Waals surface area contributed by atoms with Crippen molar-refractivity contribution in [1.82, 2.24) is 9.66 Å². The van der Waals surface area contributed by atoms with E-state index < -0.39 is 10.8 Å². The molecule has 0 aliphatic heterocycles. The van der Waals surface area contributed by atoms with Gasteiger partial charge in [0.15, 0.2) is 0 Å². The molecule has 0 saturated heterocycles. The van der Waals surface area contributed by atoms with E-state index in [0.29, 0.717) is 37.9 Å². The second-order valence-corrected chi connectivity index (χ2v) is 7.23. The van der Waals surface area contributed by atoms with Gasteiger partial charge in [-0.2, -0.15) is 0 Å². The largest absolute Gasteiger partial charge is 0.399 e. The van der Waals surface area contributed by atoms with Gasteiger partial charge in [0.2, 0.25) is 0 Å². The maximum atomic E-state index is 12.6. The molecule has 0 amide bonds. The summed E-state index contributed by atoms with van der Waals surface area (Å²) < 4.78 is 13.4. The minimum Gasteiger partial charge on any atom is -0.399 e. The maximum absolute atomic E-state index is 12.6. The molecular weight excluding hydrogens is 348 g/mol. The summed E-state index contributed by atoms with van der Waals surface area (Å²) >= 11 is 6.03. The number of nitrogens with zero attached hydrogens (tertiary/aromatic N) is 2. The number of hydrogen-bond donors (Lipinski definition) is 2. The average molecular weight is 363 g/mol. The lowest BCUT2D eigenvalue weighted by atomic mass is 10.2. The van der Waals surface area contributed by atoms with Crippen LogP contribution in [0.15, 0.2) is 52.4 Å². The number of hydrogen-bond acceptors (Lipinski definition) is 5. The van der Waals surface area contributed by atoms with E-state index in [1.165, 1.54) is 11.0 Å². The van der Waals surface area contributed by atoms with E-state index in [1.807, 2.05) is 6.92 Å². The van der Waals surface area contributed by atoms with Crippen molar-refractivity contribution in [2.45, 2.75) is 11.8 Å². The molecule has 0 saturated carbocycles. The average Bonchev–Trinajstić information content (AvgIpc) is 2.57.